The summed E-state index contributed by atoms with van der Waals surface area (Å²) in [6, 6.07) is 4.14. The smallest absolute Gasteiger partial charge is 0.265 e. The van der Waals surface area contributed by atoms with Gasteiger partial charge in [0.05, 0.1) is 5.69 Å². The third-order valence-electron chi connectivity index (χ3n) is 4.00. The SMILES string of the molecule is C=CCN(CC=C)C(=O)C(C)N1C(=O)COc2ccc(C(C)=O)cc21. The normalized spacial score (nSPS) is 14.2. The zero-order valence-electron chi connectivity index (χ0n) is 14.5. The summed E-state index contributed by atoms with van der Waals surface area (Å²) in [5.41, 5.74) is 0.887. The summed E-state index contributed by atoms with van der Waals surface area (Å²) < 4.78 is 5.43. The van der Waals surface area contributed by atoms with Crippen molar-refractivity contribution in [2.75, 3.05) is 24.6 Å². The van der Waals surface area contributed by atoms with Crippen LogP contribution in [0.25, 0.3) is 0 Å². The minimum atomic E-state index is -0.739. The van der Waals surface area contributed by atoms with Crippen LogP contribution in [0.3, 0.4) is 0 Å². The van der Waals surface area contributed by atoms with Crippen molar-refractivity contribution in [2.24, 2.45) is 0 Å². The molecule has 2 amide bonds. The molecule has 2 rings (SSSR count). The lowest BCUT2D eigenvalue weighted by atomic mass is 10.1. The van der Waals surface area contributed by atoms with Gasteiger partial charge >= 0.3 is 0 Å². The van der Waals surface area contributed by atoms with E-state index in [1.54, 1.807) is 42.2 Å². The molecule has 1 aliphatic rings. The van der Waals surface area contributed by atoms with Gasteiger partial charge in [-0.05, 0) is 32.0 Å². The summed E-state index contributed by atoms with van der Waals surface area (Å²) in [6.45, 7) is 11.0. The fourth-order valence-electron chi connectivity index (χ4n) is 2.76. The number of carbonyl (C=O) groups is 3. The molecule has 0 aliphatic carbocycles. The maximum atomic E-state index is 12.8. The first-order valence-electron chi connectivity index (χ1n) is 8.01. The van der Waals surface area contributed by atoms with E-state index in [-0.39, 0.29) is 24.2 Å². The van der Waals surface area contributed by atoms with Gasteiger partial charge in [0.25, 0.3) is 5.91 Å². The van der Waals surface area contributed by atoms with Crippen LogP contribution in [0.5, 0.6) is 5.75 Å². The zero-order valence-corrected chi connectivity index (χ0v) is 14.5. The molecular formula is C19H22N2O4. The van der Waals surface area contributed by atoms with E-state index in [0.717, 1.165) is 0 Å². The number of anilines is 1. The van der Waals surface area contributed by atoms with Gasteiger partial charge in [0.1, 0.15) is 11.8 Å². The predicted molar refractivity (Wildman–Crippen MR) is 95.9 cm³/mol. The van der Waals surface area contributed by atoms with Crippen LogP contribution in [-0.2, 0) is 9.59 Å². The monoisotopic (exact) mass is 342 g/mol. The Hall–Kier alpha value is -2.89. The molecule has 1 aromatic carbocycles. The molecule has 25 heavy (non-hydrogen) atoms. The summed E-state index contributed by atoms with van der Waals surface area (Å²) in [6.07, 6.45) is 3.24. The molecule has 1 atom stereocenters. The van der Waals surface area contributed by atoms with Crippen LogP contribution < -0.4 is 9.64 Å². The van der Waals surface area contributed by atoms with E-state index in [4.69, 9.17) is 4.74 Å². The van der Waals surface area contributed by atoms with Crippen molar-refractivity contribution in [3.63, 3.8) is 0 Å². The molecule has 0 bridgehead atoms. The Kier molecular flexibility index (Phi) is 5.75. The van der Waals surface area contributed by atoms with Gasteiger partial charge in [-0.2, -0.15) is 0 Å². The summed E-state index contributed by atoms with van der Waals surface area (Å²) in [5, 5.41) is 0. The molecule has 0 saturated carbocycles. The summed E-state index contributed by atoms with van der Waals surface area (Å²) in [5.74, 6) is -0.205. The fraction of sp³-hybridized carbons (Fsp3) is 0.316. The van der Waals surface area contributed by atoms with E-state index >= 15 is 0 Å². The zero-order chi connectivity index (χ0) is 18.6. The molecule has 6 heteroatoms. The van der Waals surface area contributed by atoms with Crippen molar-refractivity contribution < 1.29 is 19.1 Å². The van der Waals surface area contributed by atoms with Crippen molar-refractivity contribution >= 4 is 23.3 Å². The van der Waals surface area contributed by atoms with Crippen molar-refractivity contribution in [2.45, 2.75) is 19.9 Å². The first kappa shape index (κ1) is 18.4. The van der Waals surface area contributed by atoms with Crippen molar-refractivity contribution in [1.82, 2.24) is 4.90 Å². The quantitative estimate of drug-likeness (QED) is 0.563. The maximum absolute atomic E-state index is 12.8. The number of hydrogen-bond donors (Lipinski definition) is 0. The highest BCUT2D eigenvalue weighted by Crippen LogP contribution is 2.34. The lowest BCUT2D eigenvalue weighted by Gasteiger charge is -2.35. The summed E-state index contributed by atoms with van der Waals surface area (Å²) >= 11 is 0. The Morgan fingerprint density at radius 2 is 1.96 bits per heavy atom. The first-order valence-corrected chi connectivity index (χ1v) is 8.01. The van der Waals surface area contributed by atoms with Gasteiger partial charge < -0.3 is 9.64 Å². The number of hydrogen-bond acceptors (Lipinski definition) is 4. The number of ether oxygens (including phenoxy) is 1. The Morgan fingerprint density at radius 3 is 2.52 bits per heavy atom. The molecule has 1 unspecified atom stereocenters. The van der Waals surface area contributed by atoms with E-state index in [1.807, 2.05) is 0 Å². The minimum absolute atomic E-state index is 0.125. The van der Waals surface area contributed by atoms with Crippen molar-refractivity contribution in [3.8, 4) is 5.75 Å². The molecule has 1 aromatic rings. The number of benzene rings is 1. The molecular weight excluding hydrogens is 320 g/mol. The molecule has 1 heterocycles. The average molecular weight is 342 g/mol. The van der Waals surface area contributed by atoms with Crippen LogP contribution in [0, 0.1) is 0 Å². The van der Waals surface area contributed by atoms with Gasteiger partial charge in [-0.15, -0.1) is 13.2 Å². The van der Waals surface area contributed by atoms with Gasteiger partial charge in [0.15, 0.2) is 12.4 Å². The third kappa shape index (κ3) is 3.79. The standard InChI is InChI=1S/C19H22N2O4/c1-5-9-20(10-6-2)19(24)13(3)21-16-11-15(14(4)22)7-8-17(16)25-12-18(21)23/h5-8,11,13H,1-2,9-10,12H2,3-4H3. The van der Waals surface area contributed by atoms with E-state index in [0.29, 0.717) is 30.1 Å². The molecule has 0 saturated heterocycles. The molecule has 0 spiro atoms. The summed E-state index contributed by atoms with van der Waals surface area (Å²) in [7, 11) is 0. The number of amides is 2. The topological polar surface area (TPSA) is 66.9 Å². The second kappa shape index (κ2) is 7.79. The first-order chi connectivity index (χ1) is 11.9. The second-order valence-electron chi connectivity index (χ2n) is 5.79. The molecule has 0 radical (unpaired) electrons. The number of rotatable bonds is 7. The van der Waals surface area contributed by atoms with E-state index in [9.17, 15) is 14.4 Å². The van der Waals surface area contributed by atoms with Crippen LogP contribution in [-0.4, -0.2) is 48.2 Å². The second-order valence-corrected chi connectivity index (χ2v) is 5.79. The Balaban J connectivity index is 2.40. The molecule has 6 nitrogen and oxygen atoms in total. The fourth-order valence-corrected chi connectivity index (χ4v) is 2.76. The largest absolute Gasteiger partial charge is 0.482 e. The number of nitrogens with zero attached hydrogens (tertiary/aromatic N) is 2. The summed E-state index contributed by atoms with van der Waals surface area (Å²) in [4.78, 5) is 39.9. The lowest BCUT2D eigenvalue weighted by molar-refractivity contribution is -0.134. The van der Waals surface area contributed by atoms with E-state index in [2.05, 4.69) is 13.2 Å². The highest BCUT2D eigenvalue weighted by atomic mass is 16.5. The van der Waals surface area contributed by atoms with Crippen LogP contribution in [0.2, 0.25) is 0 Å². The van der Waals surface area contributed by atoms with Crippen molar-refractivity contribution in [3.05, 3.63) is 49.1 Å². The molecule has 1 aliphatic heterocycles. The van der Waals surface area contributed by atoms with Gasteiger partial charge in [-0.3, -0.25) is 19.3 Å². The maximum Gasteiger partial charge on any atom is 0.265 e. The number of Topliss-reactive ketones (excluding diaryl/α,β-unsaturated/α-hetero) is 1. The predicted octanol–water partition coefficient (Wildman–Crippen LogP) is 2.20. The minimum Gasteiger partial charge on any atom is -0.482 e. The lowest BCUT2D eigenvalue weighted by Crippen LogP contribution is -2.52. The van der Waals surface area contributed by atoms with Gasteiger partial charge in [0, 0.05) is 18.7 Å². The van der Waals surface area contributed by atoms with Gasteiger partial charge in [-0.25, -0.2) is 0 Å². The van der Waals surface area contributed by atoms with Crippen LogP contribution in [0.1, 0.15) is 24.2 Å². The number of fused-ring (bicyclic) bond motifs is 1. The van der Waals surface area contributed by atoms with Crippen LogP contribution in [0.4, 0.5) is 5.69 Å². The van der Waals surface area contributed by atoms with Crippen LogP contribution in [0.15, 0.2) is 43.5 Å². The molecule has 132 valence electrons. The Morgan fingerprint density at radius 1 is 1.32 bits per heavy atom. The van der Waals surface area contributed by atoms with E-state index < -0.39 is 6.04 Å². The molecule has 0 fully saturated rings. The Bertz CT molecular complexity index is 716. The van der Waals surface area contributed by atoms with Gasteiger partial charge in [-0.1, -0.05) is 12.2 Å². The van der Waals surface area contributed by atoms with Gasteiger partial charge in [0.2, 0.25) is 5.91 Å². The highest BCUT2D eigenvalue weighted by Gasteiger charge is 2.35. The number of ketones is 1. The Labute approximate surface area is 147 Å². The third-order valence-corrected chi connectivity index (χ3v) is 4.00. The number of carbonyl (C=O) groups excluding carboxylic acids is 3. The molecule has 0 aromatic heterocycles. The van der Waals surface area contributed by atoms with E-state index in [1.165, 1.54) is 11.8 Å². The average Bonchev–Trinajstić information content (AvgIpc) is 2.59. The highest BCUT2D eigenvalue weighted by molar-refractivity contribution is 6.05. The van der Waals surface area contributed by atoms with Crippen molar-refractivity contribution in [1.29, 1.82) is 0 Å². The molecule has 0 N–H and O–H groups in total. The van der Waals surface area contributed by atoms with Crippen LogP contribution >= 0.6 is 0 Å².